The van der Waals surface area contributed by atoms with Crippen molar-refractivity contribution in [1.82, 2.24) is 24.4 Å². The summed E-state index contributed by atoms with van der Waals surface area (Å²) >= 11 is 0. The summed E-state index contributed by atoms with van der Waals surface area (Å²) in [5.74, 6) is 1.64. The monoisotopic (exact) mass is 567 g/mol. The molecule has 4 rings (SSSR count). The number of aromatic nitrogens is 3. The molecule has 2 aliphatic rings. The zero-order valence-corrected chi connectivity index (χ0v) is 27.0. The van der Waals surface area contributed by atoms with E-state index in [0.717, 1.165) is 87.6 Å². The van der Waals surface area contributed by atoms with Crippen molar-refractivity contribution in [2.75, 3.05) is 44.7 Å². The molecule has 0 bridgehead atoms. The molecule has 1 amide bonds. The Hall–Kier alpha value is -2.19. The van der Waals surface area contributed by atoms with Crippen molar-refractivity contribution < 1.29 is 4.79 Å². The number of rotatable bonds is 13. The van der Waals surface area contributed by atoms with Gasteiger partial charge in [0.15, 0.2) is 5.65 Å². The molecule has 0 radical (unpaired) electrons. The molecule has 8 nitrogen and oxygen atoms in total. The number of anilines is 1. The second kappa shape index (κ2) is 13.9. The summed E-state index contributed by atoms with van der Waals surface area (Å²) in [5.41, 5.74) is 9.48. The molecule has 5 unspecified atom stereocenters. The maximum absolute atomic E-state index is 14.5. The van der Waals surface area contributed by atoms with Crippen molar-refractivity contribution in [1.29, 1.82) is 0 Å². The molecule has 2 aliphatic heterocycles. The van der Waals surface area contributed by atoms with Gasteiger partial charge in [0.2, 0.25) is 5.91 Å². The van der Waals surface area contributed by atoms with Gasteiger partial charge in [0.05, 0.1) is 17.7 Å². The minimum absolute atomic E-state index is 0.00421. The van der Waals surface area contributed by atoms with Crippen LogP contribution in [0.5, 0.6) is 0 Å². The van der Waals surface area contributed by atoms with E-state index in [1.807, 2.05) is 4.52 Å². The van der Waals surface area contributed by atoms with Crippen molar-refractivity contribution in [2.24, 2.45) is 23.0 Å². The highest BCUT2D eigenvalue weighted by atomic mass is 16.2. The third-order valence-corrected chi connectivity index (χ3v) is 10.2. The standard InChI is InChI=1S/C33H57N7O/c1-8-16-33(6,9-2)17-14-24(4)27(23-37(7)10-3)32(41)39-18-12-11-13-29(39)28-20-30-35-31(25(5)21-40(30)36-28)38-19-15-26(34)22-38/h20-21,24,26-27,29H,8-19,22-23,34H2,1-7H3. The van der Waals surface area contributed by atoms with Crippen molar-refractivity contribution in [3.05, 3.63) is 23.5 Å². The Labute approximate surface area is 249 Å². The fourth-order valence-electron chi connectivity index (χ4n) is 7.02. The van der Waals surface area contributed by atoms with E-state index in [4.69, 9.17) is 15.8 Å². The zero-order valence-electron chi connectivity index (χ0n) is 27.0. The average molecular weight is 568 g/mol. The summed E-state index contributed by atoms with van der Waals surface area (Å²) < 4.78 is 1.91. The molecule has 4 heterocycles. The van der Waals surface area contributed by atoms with Crippen LogP contribution < -0.4 is 10.6 Å². The molecule has 0 aliphatic carbocycles. The van der Waals surface area contributed by atoms with Gasteiger partial charge in [-0.3, -0.25) is 4.79 Å². The smallest absolute Gasteiger partial charge is 0.227 e. The molecule has 0 saturated carbocycles. The van der Waals surface area contributed by atoms with Crippen molar-refractivity contribution >= 4 is 17.4 Å². The van der Waals surface area contributed by atoms with Gasteiger partial charge < -0.3 is 20.4 Å². The first-order valence-electron chi connectivity index (χ1n) is 16.5. The highest BCUT2D eigenvalue weighted by molar-refractivity contribution is 5.80. The van der Waals surface area contributed by atoms with Crippen LogP contribution in [0.2, 0.25) is 0 Å². The number of fused-ring (bicyclic) bond motifs is 1. The third kappa shape index (κ3) is 7.42. The first-order valence-corrected chi connectivity index (χ1v) is 16.5. The van der Waals surface area contributed by atoms with Gasteiger partial charge >= 0.3 is 0 Å². The van der Waals surface area contributed by atoms with E-state index < -0.39 is 0 Å². The van der Waals surface area contributed by atoms with E-state index in [1.54, 1.807) is 0 Å². The number of carbonyl (C=O) groups excluding carboxylic acids is 1. The van der Waals surface area contributed by atoms with Gasteiger partial charge in [-0.15, -0.1) is 0 Å². The Morgan fingerprint density at radius 2 is 1.98 bits per heavy atom. The van der Waals surface area contributed by atoms with Crippen LogP contribution in [0, 0.1) is 24.2 Å². The predicted octanol–water partition coefficient (Wildman–Crippen LogP) is 5.83. The average Bonchev–Trinajstić information content (AvgIpc) is 3.59. The number of carbonyl (C=O) groups is 1. The Morgan fingerprint density at radius 1 is 1.20 bits per heavy atom. The van der Waals surface area contributed by atoms with Crippen LogP contribution in [0.4, 0.5) is 5.82 Å². The van der Waals surface area contributed by atoms with Crippen LogP contribution in [-0.4, -0.2) is 76.1 Å². The van der Waals surface area contributed by atoms with Crippen molar-refractivity contribution in [3.63, 3.8) is 0 Å². The number of amides is 1. The van der Waals surface area contributed by atoms with E-state index in [1.165, 1.54) is 25.7 Å². The molecule has 0 aromatic carbocycles. The second-order valence-electron chi connectivity index (χ2n) is 13.5. The van der Waals surface area contributed by atoms with Crippen LogP contribution in [0.15, 0.2) is 12.3 Å². The molecule has 5 atom stereocenters. The highest BCUT2D eigenvalue weighted by Crippen LogP contribution is 2.38. The van der Waals surface area contributed by atoms with E-state index >= 15 is 0 Å². The van der Waals surface area contributed by atoms with Crippen LogP contribution in [0.1, 0.15) is 110 Å². The molecule has 2 fully saturated rings. The number of aryl methyl sites for hydroxylation is 1. The van der Waals surface area contributed by atoms with Gasteiger partial charge in [0.25, 0.3) is 0 Å². The first kappa shape index (κ1) is 31.7. The molecule has 41 heavy (non-hydrogen) atoms. The zero-order chi connectivity index (χ0) is 29.7. The summed E-state index contributed by atoms with van der Waals surface area (Å²) in [6.07, 6.45) is 12.2. The summed E-state index contributed by atoms with van der Waals surface area (Å²) in [7, 11) is 2.15. The van der Waals surface area contributed by atoms with Gasteiger partial charge in [0.1, 0.15) is 5.82 Å². The summed E-state index contributed by atoms with van der Waals surface area (Å²) in [6.45, 7) is 18.0. The molecule has 230 valence electrons. The van der Waals surface area contributed by atoms with E-state index in [9.17, 15) is 4.79 Å². The van der Waals surface area contributed by atoms with Gasteiger partial charge in [-0.1, -0.05) is 47.5 Å². The van der Waals surface area contributed by atoms with Gasteiger partial charge in [0, 0.05) is 50.0 Å². The summed E-state index contributed by atoms with van der Waals surface area (Å²) in [6, 6.07) is 2.33. The SMILES string of the molecule is CCCC(C)(CC)CCC(C)C(CN(C)CC)C(=O)N1CCCCC1c1cc2nc(N3CCC(N)C3)c(C)cn2n1. The Kier molecular flexibility index (Phi) is 10.7. The van der Waals surface area contributed by atoms with Crippen LogP contribution in [-0.2, 0) is 4.79 Å². The number of piperidine rings is 1. The van der Waals surface area contributed by atoms with Gasteiger partial charge in [-0.05, 0) is 76.8 Å². The van der Waals surface area contributed by atoms with Gasteiger partial charge in [-0.2, -0.15) is 5.10 Å². The maximum Gasteiger partial charge on any atom is 0.227 e. The van der Waals surface area contributed by atoms with E-state index in [-0.39, 0.29) is 18.0 Å². The normalized spacial score (nSPS) is 22.9. The lowest BCUT2D eigenvalue weighted by Gasteiger charge is -2.40. The fourth-order valence-corrected chi connectivity index (χ4v) is 7.02. The Balaban J connectivity index is 1.57. The van der Waals surface area contributed by atoms with Gasteiger partial charge in [-0.25, -0.2) is 9.50 Å². The molecular formula is C33H57N7O. The minimum Gasteiger partial charge on any atom is -0.355 e. The number of likely N-dealkylation sites (tertiary alicyclic amines) is 1. The molecular weight excluding hydrogens is 510 g/mol. The third-order valence-electron chi connectivity index (χ3n) is 10.2. The molecule has 2 aromatic rings. The Bertz CT molecular complexity index is 1150. The predicted molar refractivity (Wildman–Crippen MR) is 169 cm³/mol. The lowest BCUT2D eigenvalue weighted by Crippen LogP contribution is -2.47. The quantitative estimate of drug-likeness (QED) is 0.328. The minimum atomic E-state index is -0.00772. The lowest BCUT2D eigenvalue weighted by atomic mass is 9.75. The second-order valence-corrected chi connectivity index (χ2v) is 13.5. The lowest BCUT2D eigenvalue weighted by molar-refractivity contribution is -0.142. The number of hydrogen-bond donors (Lipinski definition) is 1. The van der Waals surface area contributed by atoms with E-state index in [0.29, 0.717) is 17.2 Å². The number of hydrogen-bond acceptors (Lipinski definition) is 6. The van der Waals surface area contributed by atoms with E-state index in [2.05, 4.69) is 75.6 Å². The molecule has 0 spiro atoms. The molecule has 2 N–H and O–H groups in total. The van der Waals surface area contributed by atoms with Crippen LogP contribution in [0.25, 0.3) is 5.65 Å². The fraction of sp³-hybridized carbons (Fsp3) is 0.788. The van der Waals surface area contributed by atoms with Crippen LogP contribution >= 0.6 is 0 Å². The summed E-state index contributed by atoms with van der Waals surface area (Å²) in [5, 5.41) is 5.00. The van der Waals surface area contributed by atoms with Crippen LogP contribution in [0.3, 0.4) is 0 Å². The Morgan fingerprint density at radius 3 is 2.63 bits per heavy atom. The molecule has 2 aromatic heterocycles. The first-order chi connectivity index (χ1) is 19.6. The highest BCUT2D eigenvalue weighted by Gasteiger charge is 2.37. The maximum atomic E-state index is 14.5. The largest absolute Gasteiger partial charge is 0.355 e. The van der Waals surface area contributed by atoms with Crippen molar-refractivity contribution in [3.8, 4) is 0 Å². The molecule has 2 saturated heterocycles. The van der Waals surface area contributed by atoms with Crippen molar-refractivity contribution in [2.45, 2.75) is 111 Å². The summed E-state index contributed by atoms with van der Waals surface area (Å²) in [4.78, 5) is 26.3. The number of nitrogens with two attached hydrogens (primary N) is 1. The number of nitrogens with zero attached hydrogens (tertiary/aromatic N) is 6. The molecule has 8 heteroatoms. The topological polar surface area (TPSA) is 83.0 Å².